The molecule has 0 spiro atoms. The molecule has 1 unspecified atom stereocenters. The number of nitrogens with zero attached hydrogens (tertiary/aromatic N) is 3. The number of amides is 1. The van der Waals surface area contributed by atoms with E-state index in [9.17, 15) is 4.79 Å². The maximum Gasteiger partial charge on any atom is 0.224 e. The van der Waals surface area contributed by atoms with Crippen molar-refractivity contribution in [1.29, 1.82) is 0 Å². The first-order chi connectivity index (χ1) is 13.3. The molecule has 2 aliphatic heterocycles. The highest BCUT2D eigenvalue weighted by atomic mass is 127. The Bertz CT molecular complexity index is 598. The number of carbonyl (C=O) groups is 1. The fourth-order valence-electron chi connectivity index (χ4n) is 3.85. The predicted octanol–water partition coefficient (Wildman–Crippen LogP) is 3.07. The number of likely N-dealkylation sites (tertiary alicyclic amines) is 2. The molecule has 2 fully saturated rings. The summed E-state index contributed by atoms with van der Waals surface area (Å²) in [6, 6.07) is 4.70. The highest BCUT2D eigenvalue weighted by Gasteiger charge is 2.24. The van der Waals surface area contributed by atoms with Crippen LogP contribution in [0.25, 0.3) is 0 Å². The molecule has 158 valence electrons. The number of hydrogen-bond acceptors (Lipinski definition) is 4. The van der Waals surface area contributed by atoms with Gasteiger partial charge in [0.2, 0.25) is 5.91 Å². The second-order valence-corrected chi connectivity index (χ2v) is 8.24. The topological polar surface area (TPSA) is 60.0 Å². The van der Waals surface area contributed by atoms with Crippen molar-refractivity contribution >= 4 is 47.2 Å². The van der Waals surface area contributed by atoms with Gasteiger partial charge in [0, 0.05) is 37.5 Å². The van der Waals surface area contributed by atoms with Crippen LogP contribution in [-0.2, 0) is 4.79 Å². The van der Waals surface area contributed by atoms with E-state index in [1.807, 2.05) is 16.2 Å². The molecular weight excluding hydrogens is 485 g/mol. The van der Waals surface area contributed by atoms with Gasteiger partial charge in [0.15, 0.2) is 5.96 Å². The van der Waals surface area contributed by atoms with Crippen LogP contribution in [0, 0.1) is 0 Å². The van der Waals surface area contributed by atoms with Gasteiger partial charge in [-0.15, -0.1) is 35.3 Å². The molecule has 0 aliphatic carbocycles. The minimum atomic E-state index is 0. The van der Waals surface area contributed by atoms with E-state index in [1.165, 1.54) is 17.7 Å². The van der Waals surface area contributed by atoms with Gasteiger partial charge in [-0.05, 0) is 57.1 Å². The first-order valence-corrected chi connectivity index (χ1v) is 11.2. The van der Waals surface area contributed by atoms with Gasteiger partial charge in [-0.2, -0.15) is 0 Å². The molecule has 6 nitrogen and oxygen atoms in total. The molecule has 28 heavy (non-hydrogen) atoms. The Morgan fingerprint density at radius 2 is 1.89 bits per heavy atom. The molecule has 0 aromatic carbocycles. The van der Waals surface area contributed by atoms with Crippen LogP contribution < -0.4 is 10.6 Å². The van der Waals surface area contributed by atoms with Crippen LogP contribution in [0.1, 0.15) is 49.9 Å². The average molecular weight is 519 g/mol. The maximum atomic E-state index is 12.2. The van der Waals surface area contributed by atoms with Crippen molar-refractivity contribution in [2.45, 2.75) is 45.1 Å². The van der Waals surface area contributed by atoms with Crippen molar-refractivity contribution in [2.24, 2.45) is 4.99 Å². The first kappa shape index (κ1) is 23.4. The molecule has 3 heterocycles. The van der Waals surface area contributed by atoms with Crippen LogP contribution in [0.2, 0.25) is 0 Å². The van der Waals surface area contributed by atoms with Crippen LogP contribution in [0.3, 0.4) is 0 Å². The third-order valence-electron chi connectivity index (χ3n) is 5.31. The Balaban J connectivity index is 0.00000280. The van der Waals surface area contributed by atoms with Crippen molar-refractivity contribution in [1.82, 2.24) is 20.4 Å². The molecule has 2 aliphatic rings. The van der Waals surface area contributed by atoms with E-state index >= 15 is 0 Å². The Labute approximate surface area is 190 Å². The van der Waals surface area contributed by atoms with Crippen LogP contribution in [0.5, 0.6) is 0 Å². The Morgan fingerprint density at radius 3 is 2.54 bits per heavy atom. The van der Waals surface area contributed by atoms with Crippen molar-refractivity contribution in [3.63, 3.8) is 0 Å². The van der Waals surface area contributed by atoms with Gasteiger partial charge in [0.1, 0.15) is 0 Å². The minimum absolute atomic E-state index is 0. The number of aliphatic imine (C=N–C) groups is 1. The summed E-state index contributed by atoms with van der Waals surface area (Å²) in [6.07, 6.45) is 5.38. The van der Waals surface area contributed by atoms with Crippen molar-refractivity contribution in [3.8, 4) is 0 Å². The molecule has 1 aromatic rings. The highest BCUT2D eigenvalue weighted by molar-refractivity contribution is 14.0. The van der Waals surface area contributed by atoms with Gasteiger partial charge >= 0.3 is 0 Å². The lowest BCUT2D eigenvalue weighted by atomic mass is 10.2. The van der Waals surface area contributed by atoms with Gasteiger partial charge in [-0.3, -0.25) is 14.7 Å². The summed E-state index contributed by atoms with van der Waals surface area (Å²) in [5.74, 6) is 1.07. The number of guanidine groups is 1. The number of hydrogen-bond donors (Lipinski definition) is 2. The summed E-state index contributed by atoms with van der Waals surface area (Å²) in [7, 11) is 0. The van der Waals surface area contributed by atoms with Gasteiger partial charge < -0.3 is 15.5 Å². The normalized spacial score (nSPS) is 18.8. The zero-order chi connectivity index (χ0) is 18.9. The van der Waals surface area contributed by atoms with Crippen LogP contribution >= 0.6 is 35.3 Å². The van der Waals surface area contributed by atoms with Crippen molar-refractivity contribution in [3.05, 3.63) is 22.4 Å². The first-order valence-electron chi connectivity index (χ1n) is 10.4. The molecule has 8 heteroatoms. The number of carbonyl (C=O) groups excluding carboxylic acids is 1. The SMILES string of the molecule is CCNC(=NCC(c1cccs1)N1CCCC1)NCCC(=O)N1CCCC1.I. The standard InChI is InChI=1S/C20H33N5OS.HI/c1-2-21-20(22-10-9-19(26)25-13-5-6-14-25)23-16-17(18-8-7-15-27-18)24-11-3-4-12-24;/h7-8,15,17H,2-6,9-14,16H2,1H3,(H2,21,22,23);1H. The third kappa shape index (κ3) is 6.88. The molecule has 1 aromatic heterocycles. The average Bonchev–Trinajstić information content (AvgIpc) is 3.44. The molecule has 1 atom stereocenters. The fourth-order valence-corrected chi connectivity index (χ4v) is 4.70. The molecule has 0 saturated carbocycles. The Morgan fingerprint density at radius 1 is 1.18 bits per heavy atom. The van der Waals surface area contributed by atoms with E-state index in [-0.39, 0.29) is 29.9 Å². The number of rotatable bonds is 8. The van der Waals surface area contributed by atoms with Crippen LogP contribution in [0.15, 0.2) is 22.5 Å². The van der Waals surface area contributed by atoms with E-state index in [1.54, 1.807) is 0 Å². The molecule has 2 N–H and O–H groups in total. The summed E-state index contributed by atoms with van der Waals surface area (Å²) in [5.41, 5.74) is 0. The predicted molar refractivity (Wildman–Crippen MR) is 128 cm³/mol. The third-order valence-corrected chi connectivity index (χ3v) is 6.28. The number of halogens is 1. The van der Waals surface area contributed by atoms with Crippen molar-refractivity contribution < 1.29 is 4.79 Å². The molecule has 3 rings (SSSR count). The summed E-state index contributed by atoms with van der Waals surface area (Å²) < 4.78 is 0. The smallest absolute Gasteiger partial charge is 0.224 e. The largest absolute Gasteiger partial charge is 0.357 e. The minimum Gasteiger partial charge on any atom is -0.357 e. The highest BCUT2D eigenvalue weighted by Crippen LogP contribution is 2.28. The molecule has 2 saturated heterocycles. The number of nitrogens with one attached hydrogen (secondary N) is 2. The lowest BCUT2D eigenvalue weighted by Gasteiger charge is -2.25. The monoisotopic (exact) mass is 519 g/mol. The van der Waals surface area contributed by atoms with Gasteiger partial charge in [-0.1, -0.05) is 6.07 Å². The van der Waals surface area contributed by atoms with Gasteiger partial charge in [0.25, 0.3) is 0 Å². The summed E-state index contributed by atoms with van der Waals surface area (Å²) >= 11 is 1.82. The maximum absolute atomic E-state index is 12.2. The van der Waals surface area contributed by atoms with Gasteiger partial charge in [-0.25, -0.2) is 0 Å². The Hall–Kier alpha value is -0.870. The van der Waals surface area contributed by atoms with Gasteiger partial charge in [0.05, 0.1) is 12.6 Å². The van der Waals surface area contributed by atoms with E-state index in [0.29, 0.717) is 19.0 Å². The van der Waals surface area contributed by atoms with Crippen LogP contribution in [0.4, 0.5) is 0 Å². The molecule has 0 bridgehead atoms. The zero-order valence-corrected chi connectivity index (χ0v) is 20.0. The Kier molecular flexibility index (Phi) is 10.6. The lowest BCUT2D eigenvalue weighted by molar-refractivity contribution is -0.129. The fraction of sp³-hybridized carbons (Fsp3) is 0.700. The summed E-state index contributed by atoms with van der Waals surface area (Å²) in [6.45, 7) is 8.43. The molecule has 0 radical (unpaired) electrons. The van der Waals surface area contributed by atoms with E-state index in [0.717, 1.165) is 58.1 Å². The van der Waals surface area contributed by atoms with E-state index in [2.05, 4.69) is 40.0 Å². The number of thiophene rings is 1. The summed E-state index contributed by atoms with van der Waals surface area (Å²) in [4.78, 5) is 23.0. The van der Waals surface area contributed by atoms with E-state index in [4.69, 9.17) is 4.99 Å². The molecular formula is C20H34IN5OS. The second-order valence-electron chi connectivity index (χ2n) is 7.26. The lowest BCUT2D eigenvalue weighted by Crippen LogP contribution is -2.40. The molecule has 1 amide bonds. The zero-order valence-electron chi connectivity index (χ0n) is 16.9. The van der Waals surface area contributed by atoms with Crippen molar-refractivity contribution in [2.75, 3.05) is 45.8 Å². The quantitative estimate of drug-likeness (QED) is 0.315. The summed E-state index contributed by atoms with van der Waals surface area (Å²) in [5, 5.41) is 8.81. The second kappa shape index (κ2) is 12.6. The van der Waals surface area contributed by atoms with E-state index < -0.39 is 0 Å². The van der Waals surface area contributed by atoms with Crippen LogP contribution in [-0.4, -0.2) is 67.5 Å².